The van der Waals surface area contributed by atoms with E-state index in [2.05, 4.69) is 16.0 Å². The van der Waals surface area contributed by atoms with Crippen molar-refractivity contribution in [3.05, 3.63) is 76.6 Å². The number of oxazole rings is 1. The Labute approximate surface area is 372 Å². The molecule has 2 aromatic carbocycles. The van der Waals surface area contributed by atoms with Crippen molar-refractivity contribution in [2.24, 2.45) is 11.5 Å². The van der Waals surface area contributed by atoms with Crippen LogP contribution in [0.3, 0.4) is 0 Å². The summed E-state index contributed by atoms with van der Waals surface area (Å²) in [4.78, 5) is 51.2. The minimum Gasteiger partial charge on any atom is -0.490 e. The van der Waals surface area contributed by atoms with Crippen LogP contribution in [0.25, 0.3) is 22.6 Å². The van der Waals surface area contributed by atoms with Crippen molar-refractivity contribution < 1.29 is 84.6 Å². The van der Waals surface area contributed by atoms with Crippen LogP contribution in [0.1, 0.15) is 30.7 Å². The number of carbonyl (C=O) groups excluding carboxylic acids is 2. The molecule has 0 aliphatic carbocycles. The number of hydrogen-bond acceptors (Lipinski definition) is 18. The van der Waals surface area contributed by atoms with Gasteiger partial charge in [0, 0.05) is 21.9 Å². The van der Waals surface area contributed by atoms with Crippen molar-refractivity contribution in [1.82, 2.24) is 9.97 Å². The van der Waals surface area contributed by atoms with Crippen LogP contribution in [0, 0.1) is 22.7 Å². The molecular formula is C38H36ClF6N7O12S. The maximum absolute atomic E-state index is 12.4. The van der Waals surface area contributed by atoms with Crippen molar-refractivity contribution in [2.75, 3.05) is 18.9 Å². The monoisotopic (exact) mass is 963 g/mol. The van der Waals surface area contributed by atoms with Crippen molar-refractivity contribution in [3.8, 4) is 40.5 Å². The first kappa shape index (κ1) is 54.5. The predicted molar refractivity (Wildman–Crippen MR) is 213 cm³/mol. The standard InChI is InChI=1S/C34H34ClN7O8S.2C2HF3O2/c1-17(43)28(38)33(45)49-15-24(50-34(46)29(39)18(2)44)14-47-23-9-5-19(6-10-23)27-25(11-36)30(40)42-32(26(27)12-37)51-16-22-13-48-31(41-22)20-3-7-21(35)8-4-20;2*3-2(4,5)1(6)7/h3-10,13,17-18,24,28-29,43-44H,14-16,38-39H2,1-2H3,(H2,40,42);2*(H,6,7)/t17?,18-,24+,28+,29+;;/m1../s1. The van der Waals surface area contributed by atoms with Crippen LogP contribution in [0.15, 0.2) is 64.2 Å². The average Bonchev–Trinajstić information content (AvgIpc) is 3.72. The van der Waals surface area contributed by atoms with Gasteiger partial charge in [-0.3, -0.25) is 9.59 Å². The van der Waals surface area contributed by atoms with Gasteiger partial charge in [0.2, 0.25) is 5.89 Å². The topological polar surface area (TPSA) is 341 Å². The first-order valence-electron chi connectivity index (χ1n) is 17.8. The summed E-state index contributed by atoms with van der Waals surface area (Å²) in [5, 5.41) is 54.5. The van der Waals surface area contributed by atoms with Gasteiger partial charge in [-0.2, -0.15) is 36.9 Å². The van der Waals surface area contributed by atoms with Crippen LogP contribution in [-0.4, -0.2) is 110 Å². The maximum Gasteiger partial charge on any atom is 0.490 e. The molecule has 27 heteroatoms. The van der Waals surface area contributed by atoms with Crippen LogP contribution in [0.5, 0.6) is 5.75 Å². The molecule has 19 nitrogen and oxygen atoms in total. The molecule has 5 atom stereocenters. The molecule has 0 aliphatic heterocycles. The van der Waals surface area contributed by atoms with Crippen LogP contribution < -0.4 is 21.9 Å². The lowest BCUT2D eigenvalue weighted by atomic mass is 9.97. The molecule has 10 N–H and O–H groups in total. The molecule has 0 fully saturated rings. The number of esters is 2. The normalized spacial score (nSPS) is 13.3. The van der Waals surface area contributed by atoms with Crippen LogP contribution in [-0.2, 0) is 34.4 Å². The van der Waals surface area contributed by atoms with Crippen molar-refractivity contribution in [2.45, 2.75) is 67.4 Å². The molecule has 0 amide bonds. The van der Waals surface area contributed by atoms with Crippen LogP contribution in [0.4, 0.5) is 32.2 Å². The molecule has 4 aromatic rings. The number of nitrogen functional groups attached to an aromatic ring is 1. The van der Waals surface area contributed by atoms with Crippen molar-refractivity contribution in [3.63, 3.8) is 0 Å². The molecule has 0 spiro atoms. The number of aromatic nitrogens is 2. The molecule has 0 saturated carbocycles. The Morgan fingerprint density at radius 2 is 1.31 bits per heavy atom. The van der Waals surface area contributed by atoms with E-state index in [0.717, 1.165) is 5.56 Å². The fraction of sp³-hybridized carbons (Fsp3) is 0.316. The lowest BCUT2D eigenvalue weighted by Gasteiger charge is -2.22. The first-order valence-corrected chi connectivity index (χ1v) is 19.1. The zero-order valence-corrected chi connectivity index (χ0v) is 34.9. The Hall–Kier alpha value is -6.68. The molecular weight excluding hydrogens is 928 g/mol. The highest BCUT2D eigenvalue weighted by molar-refractivity contribution is 7.98. The summed E-state index contributed by atoms with van der Waals surface area (Å²) >= 11 is 7.16. The highest BCUT2D eigenvalue weighted by Gasteiger charge is 2.39. The quantitative estimate of drug-likeness (QED) is 0.0499. The van der Waals surface area contributed by atoms with E-state index in [1.165, 1.54) is 31.9 Å². The van der Waals surface area contributed by atoms with Gasteiger partial charge in [0.25, 0.3) is 0 Å². The molecule has 1 unspecified atom stereocenters. The number of carboxylic acids is 2. The number of anilines is 1. The Kier molecular flexibility index (Phi) is 20.4. The summed E-state index contributed by atoms with van der Waals surface area (Å²) < 4.78 is 85.3. The van der Waals surface area contributed by atoms with E-state index < -0.39 is 73.2 Å². The number of rotatable bonds is 15. The molecule has 0 bridgehead atoms. The molecule has 350 valence electrons. The first-order chi connectivity index (χ1) is 30.2. The Morgan fingerprint density at radius 1 is 0.815 bits per heavy atom. The summed E-state index contributed by atoms with van der Waals surface area (Å²) in [5.74, 6) is -6.52. The molecule has 0 radical (unpaired) electrons. The number of benzene rings is 2. The number of aliphatic carboxylic acids is 2. The van der Waals surface area contributed by atoms with Gasteiger partial charge in [-0.1, -0.05) is 35.5 Å². The Balaban J connectivity index is 0.000000894. The highest BCUT2D eigenvalue weighted by Crippen LogP contribution is 2.37. The van der Waals surface area contributed by atoms with Gasteiger partial charge < -0.3 is 56.3 Å². The van der Waals surface area contributed by atoms with E-state index in [-0.39, 0.29) is 45.6 Å². The van der Waals surface area contributed by atoms with Gasteiger partial charge in [0.1, 0.15) is 65.9 Å². The number of halogens is 7. The number of aliphatic hydroxyl groups excluding tert-OH is 2. The minimum atomic E-state index is -5.08. The van der Waals surface area contributed by atoms with Crippen LogP contribution >= 0.6 is 23.4 Å². The molecule has 0 aliphatic rings. The average molecular weight is 964 g/mol. The second kappa shape index (κ2) is 24.4. The highest BCUT2D eigenvalue weighted by atomic mass is 35.5. The number of nitriles is 2. The van der Waals surface area contributed by atoms with Gasteiger partial charge in [-0.15, -0.1) is 0 Å². The number of nitrogens with zero attached hydrogens (tertiary/aromatic N) is 4. The van der Waals surface area contributed by atoms with E-state index in [0.29, 0.717) is 22.2 Å². The van der Waals surface area contributed by atoms with E-state index >= 15 is 0 Å². The van der Waals surface area contributed by atoms with Gasteiger partial charge in [-0.25, -0.2) is 19.6 Å². The predicted octanol–water partition coefficient (Wildman–Crippen LogP) is 4.19. The zero-order valence-electron chi connectivity index (χ0n) is 33.3. The summed E-state index contributed by atoms with van der Waals surface area (Å²) in [7, 11) is 0. The number of nitrogens with two attached hydrogens (primary N) is 3. The SMILES string of the molecule is CC(O)[C@H](N)C(=O)OC[C@H](COc1ccc(-c2c(C#N)c(N)nc(SCc3coc(-c4ccc(Cl)cc4)n3)c2C#N)cc1)OC(=O)[C@@H](N)[C@@H](C)O.O=C(O)C(F)(F)F.O=C(O)C(F)(F)F. The minimum absolute atomic E-state index is 0.00896. The number of carbonyl (C=O) groups is 4. The summed E-state index contributed by atoms with van der Waals surface area (Å²) in [6.07, 6.45) is -12.2. The number of aliphatic hydroxyl groups is 2. The summed E-state index contributed by atoms with van der Waals surface area (Å²) in [6.45, 7) is 1.82. The van der Waals surface area contributed by atoms with Gasteiger partial charge in [0.05, 0.1) is 23.5 Å². The number of carboxylic acid groups (broad SMARTS) is 2. The van der Waals surface area contributed by atoms with Crippen molar-refractivity contribution in [1.29, 1.82) is 10.5 Å². The third-order valence-electron chi connectivity index (χ3n) is 7.76. The third kappa shape index (κ3) is 17.1. The number of hydrogen-bond donors (Lipinski definition) is 7. The fourth-order valence-electron chi connectivity index (χ4n) is 4.36. The molecule has 2 aromatic heterocycles. The smallest absolute Gasteiger partial charge is 0.490 e. The second-order valence-electron chi connectivity index (χ2n) is 12.8. The number of thioether (sulfide) groups is 1. The number of pyridine rings is 1. The summed E-state index contributed by atoms with van der Waals surface area (Å²) in [6, 6.07) is 14.8. The lowest BCUT2D eigenvalue weighted by molar-refractivity contribution is -0.193. The zero-order chi connectivity index (χ0) is 49.4. The van der Waals surface area contributed by atoms with E-state index in [1.54, 1.807) is 48.5 Å². The maximum atomic E-state index is 12.4. The number of ether oxygens (including phenoxy) is 3. The largest absolute Gasteiger partial charge is 0.490 e. The van der Waals surface area contributed by atoms with Crippen LogP contribution in [0.2, 0.25) is 5.02 Å². The Morgan fingerprint density at radius 3 is 1.78 bits per heavy atom. The van der Waals surface area contributed by atoms with E-state index in [4.69, 9.17) is 67.2 Å². The molecule has 4 rings (SSSR count). The lowest BCUT2D eigenvalue weighted by Crippen LogP contribution is -2.46. The van der Waals surface area contributed by atoms with Gasteiger partial charge in [0.15, 0.2) is 6.10 Å². The third-order valence-corrected chi connectivity index (χ3v) is 9.02. The molecule has 2 heterocycles. The van der Waals surface area contributed by atoms with Crippen molar-refractivity contribution >= 4 is 53.1 Å². The molecule has 65 heavy (non-hydrogen) atoms. The molecule has 0 saturated heterocycles. The van der Waals surface area contributed by atoms with Gasteiger partial charge in [-0.05, 0) is 55.8 Å². The second-order valence-corrected chi connectivity index (χ2v) is 14.2. The van der Waals surface area contributed by atoms with E-state index in [9.17, 15) is 56.7 Å². The fourth-order valence-corrected chi connectivity index (χ4v) is 5.36. The number of alkyl halides is 6. The summed E-state index contributed by atoms with van der Waals surface area (Å²) in [5.41, 5.74) is 19.7. The van der Waals surface area contributed by atoms with Gasteiger partial charge >= 0.3 is 36.2 Å². The Bertz CT molecular complexity index is 2330. The van der Waals surface area contributed by atoms with E-state index in [1.807, 2.05) is 6.07 Å².